The van der Waals surface area contributed by atoms with E-state index >= 15 is 0 Å². The number of halogens is 1. The highest BCUT2D eigenvalue weighted by Crippen LogP contribution is 2.36. The fourth-order valence-corrected chi connectivity index (χ4v) is 4.24. The van der Waals surface area contributed by atoms with Crippen molar-refractivity contribution in [2.24, 2.45) is 5.92 Å². The van der Waals surface area contributed by atoms with Crippen LogP contribution in [0.15, 0.2) is 40.9 Å². The number of aryl methyl sites for hydroxylation is 1. The lowest BCUT2D eigenvalue weighted by Gasteiger charge is -2.22. The van der Waals surface area contributed by atoms with Crippen molar-refractivity contribution in [1.82, 2.24) is 0 Å². The van der Waals surface area contributed by atoms with Gasteiger partial charge in [-0.05, 0) is 40.4 Å². The van der Waals surface area contributed by atoms with Gasteiger partial charge in [0.05, 0.1) is 10.8 Å². The largest absolute Gasteiger partial charge is 0.293 e. The Kier molecular flexibility index (Phi) is 5.17. The van der Waals surface area contributed by atoms with Crippen LogP contribution in [-0.2, 0) is 0 Å². The van der Waals surface area contributed by atoms with Crippen LogP contribution in [0.4, 0.5) is 0 Å². The molecule has 0 aliphatic heterocycles. The summed E-state index contributed by atoms with van der Waals surface area (Å²) in [7, 11) is 0. The molecule has 0 radical (unpaired) electrons. The predicted molar refractivity (Wildman–Crippen MR) is 89.7 cm³/mol. The van der Waals surface area contributed by atoms with E-state index in [-0.39, 0.29) is 11.7 Å². The first-order valence-electron chi connectivity index (χ1n) is 6.89. The molecule has 1 heterocycles. The highest BCUT2D eigenvalue weighted by Gasteiger charge is 2.29. The summed E-state index contributed by atoms with van der Waals surface area (Å²) in [5.41, 5.74) is 1.12. The monoisotopic (exact) mass is 350 g/mol. The Hall–Kier alpha value is -0.930. The molecule has 1 aromatic carbocycles. The highest BCUT2D eigenvalue weighted by molar-refractivity contribution is 9.10. The minimum atomic E-state index is -0.0597. The van der Waals surface area contributed by atoms with Crippen LogP contribution in [0.3, 0.4) is 0 Å². The second-order valence-corrected chi connectivity index (χ2v) is 7.28. The van der Waals surface area contributed by atoms with E-state index in [0.29, 0.717) is 5.92 Å². The van der Waals surface area contributed by atoms with Crippen molar-refractivity contribution in [1.29, 1.82) is 0 Å². The first kappa shape index (κ1) is 15.5. The number of hydrogen-bond donors (Lipinski definition) is 0. The Labute approximate surface area is 133 Å². The van der Waals surface area contributed by atoms with E-state index < -0.39 is 0 Å². The van der Waals surface area contributed by atoms with Gasteiger partial charge in [-0.15, -0.1) is 11.3 Å². The summed E-state index contributed by atoms with van der Waals surface area (Å²) in [5.74, 6) is 0.505. The molecule has 2 atom stereocenters. The standard InChI is InChI=1S/C17H19BrOS/c1-4-11(2)15(13-8-6-5-7-9-13)16(19)17-14(18)10-12(3)20-17/h5-11,15H,4H2,1-3H3. The summed E-state index contributed by atoms with van der Waals surface area (Å²) < 4.78 is 0.925. The van der Waals surface area contributed by atoms with E-state index in [1.54, 1.807) is 11.3 Å². The van der Waals surface area contributed by atoms with Gasteiger partial charge in [-0.1, -0.05) is 50.6 Å². The van der Waals surface area contributed by atoms with Crippen LogP contribution in [-0.4, -0.2) is 5.78 Å². The van der Waals surface area contributed by atoms with Crippen LogP contribution in [0.1, 0.15) is 46.3 Å². The van der Waals surface area contributed by atoms with Gasteiger partial charge in [-0.3, -0.25) is 4.79 Å². The van der Waals surface area contributed by atoms with Crippen LogP contribution in [0.2, 0.25) is 0 Å². The first-order valence-corrected chi connectivity index (χ1v) is 8.50. The third kappa shape index (κ3) is 3.21. The first-order chi connectivity index (χ1) is 9.54. The van der Waals surface area contributed by atoms with Crippen molar-refractivity contribution in [3.8, 4) is 0 Å². The minimum Gasteiger partial charge on any atom is -0.293 e. The molecule has 20 heavy (non-hydrogen) atoms. The molecule has 2 aromatic rings. The molecular weight excluding hydrogens is 332 g/mol. The summed E-state index contributed by atoms with van der Waals surface area (Å²) >= 11 is 5.10. The van der Waals surface area contributed by atoms with E-state index in [1.165, 1.54) is 0 Å². The van der Waals surface area contributed by atoms with Crippen molar-refractivity contribution in [2.45, 2.75) is 33.1 Å². The maximum absolute atomic E-state index is 13.0. The van der Waals surface area contributed by atoms with Gasteiger partial charge < -0.3 is 0 Å². The number of benzene rings is 1. The second-order valence-electron chi connectivity index (χ2n) is 5.17. The molecule has 0 bridgehead atoms. The van der Waals surface area contributed by atoms with E-state index in [1.807, 2.05) is 31.2 Å². The molecule has 1 nitrogen and oxygen atoms in total. The molecule has 0 saturated carbocycles. The highest BCUT2D eigenvalue weighted by atomic mass is 79.9. The van der Waals surface area contributed by atoms with Gasteiger partial charge in [0.25, 0.3) is 0 Å². The van der Waals surface area contributed by atoms with Gasteiger partial charge in [-0.2, -0.15) is 0 Å². The van der Waals surface area contributed by atoms with Gasteiger partial charge in [0, 0.05) is 9.35 Å². The Morgan fingerprint density at radius 3 is 2.45 bits per heavy atom. The molecule has 2 unspecified atom stereocenters. The average molecular weight is 351 g/mol. The number of hydrogen-bond acceptors (Lipinski definition) is 2. The van der Waals surface area contributed by atoms with Gasteiger partial charge in [0.1, 0.15) is 0 Å². The molecule has 3 heteroatoms. The van der Waals surface area contributed by atoms with Gasteiger partial charge in [-0.25, -0.2) is 0 Å². The fourth-order valence-electron chi connectivity index (χ4n) is 2.43. The third-order valence-electron chi connectivity index (χ3n) is 3.69. The van der Waals surface area contributed by atoms with Crippen LogP contribution in [0.25, 0.3) is 0 Å². The molecule has 0 spiro atoms. The van der Waals surface area contributed by atoms with Crippen molar-refractivity contribution in [2.75, 3.05) is 0 Å². The fraction of sp³-hybridized carbons (Fsp3) is 0.353. The van der Waals surface area contributed by atoms with Crippen molar-refractivity contribution < 1.29 is 4.79 Å². The van der Waals surface area contributed by atoms with Crippen molar-refractivity contribution in [3.63, 3.8) is 0 Å². The van der Waals surface area contributed by atoms with E-state index in [9.17, 15) is 4.79 Å². The normalized spacial score (nSPS) is 14.0. The van der Waals surface area contributed by atoms with Gasteiger partial charge in [0.15, 0.2) is 5.78 Å². The van der Waals surface area contributed by atoms with Crippen LogP contribution in [0.5, 0.6) is 0 Å². The number of carbonyl (C=O) groups is 1. The van der Waals surface area contributed by atoms with Gasteiger partial charge >= 0.3 is 0 Å². The maximum Gasteiger partial charge on any atom is 0.181 e. The Morgan fingerprint density at radius 1 is 1.30 bits per heavy atom. The average Bonchev–Trinajstić information content (AvgIpc) is 2.79. The predicted octanol–water partition coefficient (Wildman–Crippen LogP) is 5.83. The number of ketones is 1. The second kappa shape index (κ2) is 6.68. The Bertz CT molecular complexity index is 588. The third-order valence-corrected chi connectivity index (χ3v) is 5.64. The molecule has 106 valence electrons. The molecule has 0 aliphatic rings. The molecule has 0 aliphatic carbocycles. The lowest BCUT2D eigenvalue weighted by molar-refractivity contribution is 0.0935. The molecule has 2 rings (SSSR count). The number of Topliss-reactive ketones (excluding diaryl/α,β-unsaturated/α-hetero) is 1. The smallest absolute Gasteiger partial charge is 0.181 e. The zero-order valence-corrected chi connectivity index (χ0v) is 14.4. The number of thiophene rings is 1. The summed E-state index contributed by atoms with van der Waals surface area (Å²) in [6, 6.07) is 12.1. The van der Waals surface area contributed by atoms with Crippen LogP contribution < -0.4 is 0 Å². The zero-order chi connectivity index (χ0) is 14.7. The summed E-state index contributed by atoms with van der Waals surface area (Å²) in [5, 5.41) is 0. The topological polar surface area (TPSA) is 17.1 Å². The summed E-state index contributed by atoms with van der Waals surface area (Å²) in [6.07, 6.45) is 0.993. The number of rotatable bonds is 5. The lowest BCUT2D eigenvalue weighted by atomic mass is 9.82. The minimum absolute atomic E-state index is 0.0597. The SMILES string of the molecule is CCC(C)C(C(=O)c1sc(C)cc1Br)c1ccccc1. The lowest BCUT2D eigenvalue weighted by Crippen LogP contribution is -2.19. The van der Waals surface area contributed by atoms with Crippen molar-refractivity contribution >= 4 is 33.0 Å². The Balaban J connectivity index is 2.42. The van der Waals surface area contributed by atoms with E-state index in [0.717, 1.165) is 26.2 Å². The zero-order valence-electron chi connectivity index (χ0n) is 12.0. The van der Waals surface area contributed by atoms with Gasteiger partial charge in [0.2, 0.25) is 0 Å². The van der Waals surface area contributed by atoms with Crippen molar-refractivity contribution in [3.05, 3.63) is 56.2 Å². The van der Waals surface area contributed by atoms with E-state index in [4.69, 9.17) is 0 Å². The molecule has 0 amide bonds. The molecular formula is C17H19BrOS. The molecule has 0 N–H and O–H groups in total. The van der Waals surface area contributed by atoms with E-state index in [2.05, 4.69) is 41.9 Å². The number of carbonyl (C=O) groups excluding carboxylic acids is 1. The molecule has 1 aromatic heterocycles. The molecule has 0 saturated heterocycles. The maximum atomic E-state index is 13.0. The van der Waals surface area contributed by atoms with Crippen LogP contribution >= 0.6 is 27.3 Å². The van der Waals surface area contributed by atoms with Crippen LogP contribution in [0, 0.1) is 12.8 Å². The quantitative estimate of drug-likeness (QED) is 0.619. The Morgan fingerprint density at radius 2 is 1.95 bits per heavy atom. The molecule has 0 fully saturated rings. The summed E-state index contributed by atoms with van der Waals surface area (Å²) in [6.45, 7) is 6.33. The summed E-state index contributed by atoms with van der Waals surface area (Å²) in [4.78, 5) is 15.0.